The van der Waals surface area contributed by atoms with E-state index in [1.807, 2.05) is 92.1 Å². The van der Waals surface area contributed by atoms with Gasteiger partial charge in [-0.05, 0) is 89.2 Å². The lowest BCUT2D eigenvalue weighted by atomic mass is 9.76. The van der Waals surface area contributed by atoms with Crippen molar-refractivity contribution in [1.29, 1.82) is 0 Å². The fraction of sp³-hybridized carbons (Fsp3) is 0.258. The molecule has 3 aromatic carbocycles. The SMILES string of the molecule is Cc1ccc(N2C(=O)C(C)(C)C2n2c3c(c4cc(Br)ccc42)N(c2ccc(Br)cc2)C(=O)C(C)(C)C3=O)cc1. The fourth-order valence-electron chi connectivity index (χ4n) is 5.77. The van der Waals surface area contributed by atoms with Crippen molar-refractivity contribution in [3.63, 3.8) is 0 Å². The number of β-lactam (4-membered cyclic amide) rings is 1. The van der Waals surface area contributed by atoms with Gasteiger partial charge in [-0.2, -0.15) is 0 Å². The molecule has 2 aliphatic rings. The molecule has 1 fully saturated rings. The van der Waals surface area contributed by atoms with Gasteiger partial charge in [-0.15, -0.1) is 0 Å². The molecule has 6 rings (SSSR count). The molecule has 0 aliphatic carbocycles. The van der Waals surface area contributed by atoms with Crippen LogP contribution in [0.25, 0.3) is 10.9 Å². The van der Waals surface area contributed by atoms with E-state index in [1.165, 1.54) is 0 Å². The molecule has 0 spiro atoms. The van der Waals surface area contributed by atoms with E-state index in [1.54, 1.807) is 23.6 Å². The highest BCUT2D eigenvalue weighted by Crippen LogP contribution is 2.55. The lowest BCUT2D eigenvalue weighted by Gasteiger charge is -2.54. The molecule has 4 aromatic rings. The lowest BCUT2D eigenvalue weighted by molar-refractivity contribution is -0.140. The summed E-state index contributed by atoms with van der Waals surface area (Å²) in [6.07, 6.45) is -0.472. The average molecular weight is 649 g/mol. The Hall–Kier alpha value is -3.23. The van der Waals surface area contributed by atoms with Crippen molar-refractivity contribution in [2.24, 2.45) is 10.8 Å². The second kappa shape index (κ2) is 8.63. The van der Waals surface area contributed by atoms with E-state index in [-0.39, 0.29) is 17.6 Å². The van der Waals surface area contributed by atoms with E-state index in [9.17, 15) is 14.4 Å². The van der Waals surface area contributed by atoms with Crippen LogP contribution in [-0.4, -0.2) is 22.2 Å². The van der Waals surface area contributed by atoms with Crippen molar-refractivity contribution in [3.05, 3.63) is 86.9 Å². The third-order valence-electron chi connectivity index (χ3n) is 7.98. The number of aromatic nitrogens is 1. The average Bonchev–Trinajstić information content (AvgIpc) is 3.20. The van der Waals surface area contributed by atoms with Gasteiger partial charge >= 0.3 is 0 Å². The predicted molar refractivity (Wildman–Crippen MR) is 161 cm³/mol. The molecule has 3 heterocycles. The second-order valence-corrected chi connectivity index (χ2v) is 13.2. The summed E-state index contributed by atoms with van der Waals surface area (Å²) in [5.74, 6) is -0.574. The van der Waals surface area contributed by atoms with Crippen LogP contribution in [0.1, 0.15) is 49.9 Å². The van der Waals surface area contributed by atoms with Gasteiger partial charge in [0.2, 0.25) is 11.8 Å². The topological polar surface area (TPSA) is 62.6 Å². The first kappa shape index (κ1) is 26.0. The van der Waals surface area contributed by atoms with E-state index in [0.29, 0.717) is 17.1 Å². The molecule has 1 atom stereocenters. The Bertz CT molecular complexity index is 1700. The third kappa shape index (κ3) is 3.61. The zero-order valence-electron chi connectivity index (χ0n) is 22.3. The maximum atomic E-state index is 14.3. The van der Waals surface area contributed by atoms with Gasteiger partial charge in [0.05, 0.1) is 16.6 Å². The number of rotatable bonds is 3. The first-order valence-corrected chi connectivity index (χ1v) is 14.3. The summed E-state index contributed by atoms with van der Waals surface area (Å²) < 4.78 is 3.70. The number of ketones is 1. The highest BCUT2D eigenvalue weighted by atomic mass is 79.9. The van der Waals surface area contributed by atoms with Crippen LogP contribution >= 0.6 is 31.9 Å². The number of nitrogens with zero attached hydrogens (tertiary/aromatic N) is 3. The fourth-order valence-corrected chi connectivity index (χ4v) is 6.39. The van der Waals surface area contributed by atoms with Gasteiger partial charge in [0, 0.05) is 25.7 Å². The minimum absolute atomic E-state index is 0.0209. The number of hydrogen-bond acceptors (Lipinski definition) is 3. The van der Waals surface area contributed by atoms with Crippen LogP contribution in [0.3, 0.4) is 0 Å². The van der Waals surface area contributed by atoms with Gasteiger partial charge in [0.1, 0.15) is 17.3 Å². The number of hydrogen-bond donors (Lipinski definition) is 0. The Morgan fingerprint density at radius 1 is 0.744 bits per heavy atom. The van der Waals surface area contributed by atoms with E-state index in [0.717, 1.165) is 31.1 Å². The van der Waals surface area contributed by atoms with E-state index in [4.69, 9.17) is 0 Å². The Morgan fingerprint density at radius 3 is 1.97 bits per heavy atom. The Kier molecular flexibility index (Phi) is 5.76. The predicted octanol–water partition coefficient (Wildman–Crippen LogP) is 7.93. The molecule has 0 N–H and O–H groups in total. The van der Waals surface area contributed by atoms with Crippen LogP contribution in [0.2, 0.25) is 0 Å². The van der Waals surface area contributed by atoms with Crippen LogP contribution in [0, 0.1) is 17.8 Å². The summed E-state index contributed by atoms with van der Waals surface area (Å²) in [6, 6.07) is 21.2. The van der Waals surface area contributed by atoms with Gasteiger partial charge in [0.25, 0.3) is 0 Å². The number of carbonyl (C=O) groups is 3. The molecule has 2 aliphatic heterocycles. The zero-order chi connectivity index (χ0) is 28.0. The molecule has 0 bridgehead atoms. The third-order valence-corrected chi connectivity index (χ3v) is 9.01. The molecule has 6 nitrogen and oxygen atoms in total. The number of benzene rings is 3. The minimum atomic E-state index is -1.31. The van der Waals surface area contributed by atoms with Gasteiger partial charge < -0.3 is 4.57 Å². The first-order valence-electron chi connectivity index (χ1n) is 12.7. The highest BCUT2D eigenvalue weighted by Gasteiger charge is 2.59. The summed E-state index contributed by atoms with van der Waals surface area (Å²) in [7, 11) is 0. The second-order valence-electron chi connectivity index (χ2n) is 11.4. The summed E-state index contributed by atoms with van der Waals surface area (Å²) in [5.41, 5.74) is 2.19. The Morgan fingerprint density at radius 2 is 1.33 bits per heavy atom. The number of Topliss-reactive ketones (excluding diaryl/α,β-unsaturated/α-hetero) is 1. The number of amides is 2. The number of carbonyl (C=O) groups excluding carboxylic acids is 3. The number of fused-ring (bicyclic) bond motifs is 3. The number of aryl methyl sites for hydroxylation is 1. The van der Waals surface area contributed by atoms with Crippen molar-refractivity contribution in [2.75, 3.05) is 9.80 Å². The van der Waals surface area contributed by atoms with Gasteiger partial charge in [0.15, 0.2) is 5.78 Å². The summed E-state index contributed by atoms with van der Waals surface area (Å²) in [4.78, 5) is 45.3. The maximum Gasteiger partial charge on any atom is 0.245 e. The summed E-state index contributed by atoms with van der Waals surface area (Å²) in [5, 5.41) is 0.762. The largest absolute Gasteiger partial charge is 0.313 e. The van der Waals surface area contributed by atoms with Crippen LogP contribution in [0.15, 0.2) is 75.7 Å². The van der Waals surface area contributed by atoms with Crippen molar-refractivity contribution in [3.8, 4) is 0 Å². The van der Waals surface area contributed by atoms with Gasteiger partial charge in [-0.25, -0.2) is 0 Å². The molecular formula is C31H27Br2N3O3. The van der Waals surface area contributed by atoms with Crippen molar-refractivity contribution < 1.29 is 14.4 Å². The summed E-state index contributed by atoms with van der Waals surface area (Å²) in [6.45, 7) is 9.19. The van der Waals surface area contributed by atoms with Crippen LogP contribution in [-0.2, 0) is 9.59 Å². The monoisotopic (exact) mass is 647 g/mol. The van der Waals surface area contributed by atoms with Crippen LogP contribution < -0.4 is 9.80 Å². The molecule has 1 aromatic heterocycles. The molecule has 198 valence electrons. The van der Waals surface area contributed by atoms with Crippen molar-refractivity contribution in [1.82, 2.24) is 4.57 Å². The maximum absolute atomic E-state index is 14.3. The molecule has 39 heavy (non-hydrogen) atoms. The number of anilines is 3. The molecule has 0 saturated carbocycles. The summed E-state index contributed by atoms with van der Waals surface area (Å²) >= 11 is 7.08. The molecule has 2 amide bonds. The zero-order valence-corrected chi connectivity index (χ0v) is 25.4. The molecule has 1 saturated heterocycles. The van der Waals surface area contributed by atoms with E-state index < -0.39 is 17.0 Å². The molecule has 0 radical (unpaired) electrons. The number of halogens is 2. The standard InChI is InChI=1S/C31H27Br2N3O3/c1-17-6-11-21(12-7-17)35-27(31(4,5)29(35)39)36-23-15-10-19(33)16-22(23)24-25(36)26(37)30(2,3)28(38)34(24)20-13-8-18(32)9-14-20/h6-16,27H,1-5H3. The van der Waals surface area contributed by atoms with Crippen molar-refractivity contribution >= 4 is 77.4 Å². The van der Waals surface area contributed by atoms with E-state index in [2.05, 4.69) is 31.9 Å². The smallest absolute Gasteiger partial charge is 0.245 e. The quantitative estimate of drug-likeness (QED) is 0.167. The Balaban J connectivity index is 1.69. The van der Waals surface area contributed by atoms with Crippen LogP contribution in [0.5, 0.6) is 0 Å². The normalized spacial score (nSPS) is 19.9. The lowest BCUT2D eigenvalue weighted by Crippen LogP contribution is -2.64. The van der Waals surface area contributed by atoms with Gasteiger partial charge in [-0.1, -0.05) is 49.6 Å². The van der Waals surface area contributed by atoms with Crippen LogP contribution in [0.4, 0.5) is 17.1 Å². The first-order chi connectivity index (χ1) is 18.4. The van der Waals surface area contributed by atoms with Gasteiger partial charge in [-0.3, -0.25) is 24.2 Å². The molecular weight excluding hydrogens is 622 g/mol. The minimum Gasteiger partial charge on any atom is -0.313 e. The van der Waals surface area contributed by atoms with E-state index >= 15 is 0 Å². The molecule has 8 heteroatoms. The highest BCUT2D eigenvalue weighted by molar-refractivity contribution is 9.10. The molecule has 1 unspecified atom stereocenters. The van der Waals surface area contributed by atoms with Crippen molar-refractivity contribution in [2.45, 2.75) is 40.8 Å². The Labute approximate surface area is 243 Å².